The Balaban J connectivity index is 1.10. The number of furan rings is 1. The van der Waals surface area contributed by atoms with Gasteiger partial charge in [0.25, 0.3) is 0 Å². The maximum atomic E-state index is 6.14. The summed E-state index contributed by atoms with van der Waals surface area (Å²) in [7, 11) is 0. The van der Waals surface area contributed by atoms with E-state index in [0.29, 0.717) is 0 Å². The second kappa shape index (κ2) is 11.3. The summed E-state index contributed by atoms with van der Waals surface area (Å²) in [5.74, 6) is 0. The largest absolute Gasteiger partial charge is 0.456 e. The maximum absolute atomic E-state index is 6.14. The molecule has 0 unspecified atom stereocenters. The highest BCUT2D eigenvalue weighted by Crippen LogP contribution is 2.40. The molecule has 0 fully saturated rings. The Kier molecular flexibility index (Phi) is 6.35. The molecule has 0 spiro atoms. The second-order valence-corrected chi connectivity index (χ2v) is 14.3. The number of fused-ring (bicyclic) bond motifs is 12. The van der Waals surface area contributed by atoms with Gasteiger partial charge < -0.3 is 8.98 Å². The van der Waals surface area contributed by atoms with Gasteiger partial charge in [0.15, 0.2) is 0 Å². The lowest BCUT2D eigenvalue weighted by atomic mass is 9.92. The van der Waals surface area contributed by atoms with Crippen molar-refractivity contribution >= 4 is 81.6 Å². The summed E-state index contributed by atoms with van der Waals surface area (Å²) < 4.78 is 8.56. The van der Waals surface area contributed by atoms with E-state index in [1.165, 1.54) is 76.4 Å². The molecule has 0 atom stereocenters. The van der Waals surface area contributed by atoms with E-state index < -0.39 is 0 Å². The van der Waals surface area contributed by atoms with Crippen molar-refractivity contribution in [3.8, 4) is 27.9 Å². The first-order chi connectivity index (χ1) is 26.1. The lowest BCUT2D eigenvalue weighted by Gasteiger charge is -2.14. The molecule has 9 aromatic carbocycles. The third-order valence-corrected chi connectivity index (χ3v) is 11.2. The van der Waals surface area contributed by atoms with E-state index in [9.17, 15) is 0 Å². The molecule has 11 rings (SSSR count). The molecule has 2 heteroatoms. The van der Waals surface area contributed by atoms with Gasteiger partial charge in [-0.2, -0.15) is 0 Å². The van der Waals surface area contributed by atoms with Gasteiger partial charge in [-0.1, -0.05) is 127 Å². The summed E-state index contributed by atoms with van der Waals surface area (Å²) in [6, 6.07) is 61.9. The van der Waals surface area contributed by atoms with Crippen molar-refractivity contribution in [2.75, 3.05) is 0 Å². The van der Waals surface area contributed by atoms with Gasteiger partial charge in [0.2, 0.25) is 0 Å². The summed E-state index contributed by atoms with van der Waals surface area (Å²) in [5, 5.41) is 12.4. The standard InChI is InChI=1S/C51H33NO/c1-31(2)32-18-23-43-46-28-35(36-21-25-51-47(29-36)44-16-7-8-17-50(44)53-51)20-24-48(46)52(49(43)30-32)37-11-9-10-33(26-37)34-19-22-42-40-14-4-3-12-38(40)39-13-5-6-15-41(39)45(42)27-34/h3-30H,1H2,2H3. The summed E-state index contributed by atoms with van der Waals surface area (Å²) in [5.41, 5.74) is 12.2. The lowest BCUT2D eigenvalue weighted by molar-refractivity contribution is 0.669. The quantitative estimate of drug-likeness (QED) is 0.170. The number of rotatable bonds is 4. The van der Waals surface area contributed by atoms with Crippen LogP contribution in [0.3, 0.4) is 0 Å². The molecule has 11 aromatic rings. The monoisotopic (exact) mass is 675 g/mol. The molecule has 2 aromatic heterocycles. The summed E-state index contributed by atoms with van der Waals surface area (Å²) in [6.07, 6.45) is 0. The number of hydrogen-bond acceptors (Lipinski definition) is 1. The molecule has 2 nitrogen and oxygen atoms in total. The van der Waals surface area contributed by atoms with Crippen LogP contribution in [0.15, 0.2) is 181 Å². The van der Waals surface area contributed by atoms with Crippen LogP contribution in [0.4, 0.5) is 0 Å². The van der Waals surface area contributed by atoms with Crippen LogP contribution >= 0.6 is 0 Å². The van der Waals surface area contributed by atoms with Crippen molar-refractivity contribution in [2.24, 2.45) is 0 Å². The molecule has 0 saturated heterocycles. The number of nitrogens with zero attached hydrogens (tertiary/aromatic N) is 1. The molecule has 0 bridgehead atoms. The highest BCUT2D eigenvalue weighted by molar-refractivity contribution is 6.25. The Labute approximate surface area is 306 Å². The first-order valence-electron chi connectivity index (χ1n) is 18.2. The van der Waals surface area contributed by atoms with E-state index in [1.807, 2.05) is 12.1 Å². The number of hydrogen-bond donors (Lipinski definition) is 0. The smallest absolute Gasteiger partial charge is 0.135 e. The topological polar surface area (TPSA) is 18.1 Å². The van der Waals surface area contributed by atoms with Crippen LogP contribution in [-0.4, -0.2) is 4.57 Å². The van der Waals surface area contributed by atoms with Crippen molar-refractivity contribution < 1.29 is 4.42 Å². The molecular formula is C51H33NO. The van der Waals surface area contributed by atoms with Crippen molar-refractivity contribution in [2.45, 2.75) is 6.92 Å². The molecule has 0 saturated carbocycles. The number of benzene rings is 9. The maximum Gasteiger partial charge on any atom is 0.135 e. The zero-order valence-corrected chi connectivity index (χ0v) is 29.2. The average molecular weight is 676 g/mol. The third-order valence-electron chi connectivity index (χ3n) is 11.2. The van der Waals surface area contributed by atoms with Crippen molar-refractivity contribution in [3.05, 3.63) is 182 Å². The molecule has 53 heavy (non-hydrogen) atoms. The molecule has 0 amide bonds. The van der Waals surface area contributed by atoms with Gasteiger partial charge in [0, 0.05) is 27.2 Å². The second-order valence-electron chi connectivity index (χ2n) is 14.3. The normalized spacial score (nSPS) is 11.9. The van der Waals surface area contributed by atoms with Crippen LogP contribution in [0.1, 0.15) is 12.5 Å². The van der Waals surface area contributed by atoms with Crippen molar-refractivity contribution in [1.29, 1.82) is 0 Å². The van der Waals surface area contributed by atoms with Gasteiger partial charge in [0.1, 0.15) is 11.2 Å². The molecule has 0 aliphatic heterocycles. The molecule has 0 radical (unpaired) electrons. The molecule has 0 aliphatic carbocycles. The first-order valence-corrected chi connectivity index (χ1v) is 18.2. The minimum Gasteiger partial charge on any atom is -0.456 e. The summed E-state index contributed by atoms with van der Waals surface area (Å²) in [6.45, 7) is 6.37. The number of aromatic nitrogens is 1. The highest BCUT2D eigenvalue weighted by atomic mass is 16.3. The fourth-order valence-electron chi connectivity index (χ4n) is 8.56. The van der Waals surface area contributed by atoms with Gasteiger partial charge in [-0.05, 0) is 122 Å². The molecule has 2 heterocycles. The Morgan fingerprint density at radius 1 is 0.396 bits per heavy atom. The van der Waals surface area contributed by atoms with E-state index in [1.54, 1.807) is 0 Å². The van der Waals surface area contributed by atoms with E-state index in [4.69, 9.17) is 4.42 Å². The van der Waals surface area contributed by atoms with Gasteiger partial charge >= 0.3 is 0 Å². The molecular weight excluding hydrogens is 643 g/mol. The zero-order chi connectivity index (χ0) is 35.2. The van der Waals surface area contributed by atoms with Gasteiger partial charge in [0.05, 0.1) is 11.0 Å². The van der Waals surface area contributed by atoms with Crippen LogP contribution < -0.4 is 0 Å². The number of allylic oxidation sites excluding steroid dienone is 1. The van der Waals surface area contributed by atoms with Crippen molar-refractivity contribution in [3.63, 3.8) is 0 Å². The van der Waals surface area contributed by atoms with E-state index >= 15 is 0 Å². The Morgan fingerprint density at radius 3 is 1.68 bits per heavy atom. The van der Waals surface area contributed by atoms with Gasteiger partial charge in [-0.15, -0.1) is 0 Å². The Bertz CT molecular complexity index is 3280. The lowest BCUT2D eigenvalue weighted by Crippen LogP contribution is -1.95. The summed E-state index contributed by atoms with van der Waals surface area (Å²) >= 11 is 0. The van der Waals surface area contributed by atoms with Crippen LogP contribution in [0.25, 0.3) is 110 Å². The van der Waals surface area contributed by atoms with Gasteiger partial charge in [-0.3, -0.25) is 0 Å². The number of para-hydroxylation sites is 1. The first kappa shape index (κ1) is 29.8. The van der Waals surface area contributed by atoms with Gasteiger partial charge in [-0.25, -0.2) is 0 Å². The predicted molar refractivity (Wildman–Crippen MR) is 226 cm³/mol. The average Bonchev–Trinajstić information content (AvgIpc) is 3.75. The highest BCUT2D eigenvalue weighted by Gasteiger charge is 2.17. The minimum atomic E-state index is 0.910. The predicted octanol–water partition coefficient (Wildman–Crippen LogP) is 14.5. The molecule has 248 valence electrons. The van der Waals surface area contributed by atoms with Crippen LogP contribution in [0.5, 0.6) is 0 Å². The minimum absolute atomic E-state index is 0.910. The van der Waals surface area contributed by atoms with Crippen LogP contribution in [-0.2, 0) is 0 Å². The Morgan fingerprint density at radius 2 is 0.943 bits per heavy atom. The van der Waals surface area contributed by atoms with Crippen LogP contribution in [0.2, 0.25) is 0 Å². The van der Waals surface area contributed by atoms with Crippen LogP contribution in [0, 0.1) is 0 Å². The van der Waals surface area contributed by atoms with E-state index in [0.717, 1.165) is 38.8 Å². The van der Waals surface area contributed by atoms with E-state index in [2.05, 4.69) is 176 Å². The molecule has 0 N–H and O–H groups in total. The third kappa shape index (κ3) is 4.52. The SMILES string of the molecule is C=C(C)c1ccc2c3cc(-c4ccc5oc6ccccc6c5c4)ccc3n(-c3cccc(-c4ccc5c6ccccc6c6ccccc6c5c4)c3)c2c1. The summed E-state index contributed by atoms with van der Waals surface area (Å²) in [4.78, 5) is 0. The zero-order valence-electron chi connectivity index (χ0n) is 29.2. The molecule has 0 aliphatic rings. The van der Waals surface area contributed by atoms with E-state index in [-0.39, 0.29) is 0 Å². The van der Waals surface area contributed by atoms with Crippen molar-refractivity contribution in [1.82, 2.24) is 4.57 Å². The Hall–Kier alpha value is -6.90. The fraction of sp³-hybridized carbons (Fsp3) is 0.0196. The fourth-order valence-corrected chi connectivity index (χ4v) is 8.56.